The van der Waals surface area contributed by atoms with Crippen LogP contribution in [0.2, 0.25) is 0 Å². The standard InChI is InChI=1S/C15H16N2O3/c18-14-10-17(7-6-16-14)15(19)4-2-11-1-3-13-12(9-11)5-8-20-13/h1-4,9H,5-8,10H2,(H,16,18)/b4-2+. The predicted molar refractivity (Wildman–Crippen MR) is 74.3 cm³/mol. The van der Waals surface area contributed by atoms with Gasteiger partial charge in [-0.05, 0) is 29.3 Å². The van der Waals surface area contributed by atoms with Gasteiger partial charge in [0.25, 0.3) is 0 Å². The number of carbonyl (C=O) groups excluding carboxylic acids is 2. The quantitative estimate of drug-likeness (QED) is 0.802. The molecule has 0 spiro atoms. The lowest BCUT2D eigenvalue weighted by atomic mass is 10.1. The van der Waals surface area contributed by atoms with Gasteiger partial charge in [0, 0.05) is 25.6 Å². The first kappa shape index (κ1) is 12.7. The van der Waals surface area contributed by atoms with Gasteiger partial charge in [-0.15, -0.1) is 0 Å². The van der Waals surface area contributed by atoms with Gasteiger partial charge in [0.1, 0.15) is 5.75 Å². The minimum atomic E-state index is -0.128. The molecule has 0 atom stereocenters. The normalized spacial score (nSPS) is 17.8. The van der Waals surface area contributed by atoms with E-state index in [0.717, 1.165) is 24.3 Å². The molecule has 20 heavy (non-hydrogen) atoms. The van der Waals surface area contributed by atoms with Crippen LogP contribution in [0.5, 0.6) is 5.75 Å². The van der Waals surface area contributed by atoms with E-state index in [2.05, 4.69) is 5.32 Å². The van der Waals surface area contributed by atoms with Crippen LogP contribution in [0.3, 0.4) is 0 Å². The van der Waals surface area contributed by atoms with Crippen molar-refractivity contribution in [1.29, 1.82) is 0 Å². The zero-order valence-corrected chi connectivity index (χ0v) is 11.1. The molecule has 2 amide bonds. The van der Waals surface area contributed by atoms with Crippen molar-refractivity contribution in [3.63, 3.8) is 0 Å². The van der Waals surface area contributed by atoms with Gasteiger partial charge in [-0.25, -0.2) is 0 Å². The highest BCUT2D eigenvalue weighted by Crippen LogP contribution is 2.26. The number of nitrogens with zero attached hydrogens (tertiary/aromatic N) is 1. The molecule has 104 valence electrons. The minimum absolute atomic E-state index is 0.104. The van der Waals surface area contributed by atoms with Crippen molar-refractivity contribution in [2.24, 2.45) is 0 Å². The second kappa shape index (κ2) is 5.36. The Kier molecular flexibility index (Phi) is 3.41. The second-order valence-electron chi connectivity index (χ2n) is 4.91. The Hall–Kier alpha value is -2.30. The Morgan fingerprint density at radius 1 is 1.40 bits per heavy atom. The van der Waals surface area contributed by atoms with Gasteiger partial charge in [-0.2, -0.15) is 0 Å². The number of ether oxygens (including phenoxy) is 1. The van der Waals surface area contributed by atoms with Gasteiger partial charge in [-0.1, -0.05) is 6.07 Å². The molecule has 0 bridgehead atoms. The van der Waals surface area contributed by atoms with Crippen molar-refractivity contribution in [2.45, 2.75) is 6.42 Å². The van der Waals surface area contributed by atoms with Crippen molar-refractivity contribution in [2.75, 3.05) is 26.2 Å². The molecule has 5 heteroatoms. The van der Waals surface area contributed by atoms with Crippen LogP contribution >= 0.6 is 0 Å². The van der Waals surface area contributed by atoms with Crippen molar-refractivity contribution < 1.29 is 14.3 Å². The summed E-state index contributed by atoms with van der Waals surface area (Å²) in [5.74, 6) is 0.699. The molecule has 1 aromatic rings. The van der Waals surface area contributed by atoms with Crippen molar-refractivity contribution in [3.8, 4) is 5.75 Å². The monoisotopic (exact) mass is 272 g/mol. The van der Waals surface area contributed by atoms with E-state index in [0.29, 0.717) is 13.1 Å². The van der Waals surface area contributed by atoms with Crippen LogP contribution in [-0.4, -0.2) is 43.0 Å². The summed E-state index contributed by atoms with van der Waals surface area (Å²) in [6.07, 6.45) is 4.22. The summed E-state index contributed by atoms with van der Waals surface area (Å²) in [7, 11) is 0. The number of hydrogen-bond donors (Lipinski definition) is 1. The molecule has 1 N–H and O–H groups in total. The maximum atomic E-state index is 12.0. The molecule has 1 fully saturated rings. The van der Waals surface area contributed by atoms with Gasteiger partial charge < -0.3 is 15.0 Å². The van der Waals surface area contributed by atoms with Crippen molar-refractivity contribution in [1.82, 2.24) is 10.2 Å². The topological polar surface area (TPSA) is 58.6 Å². The first-order chi connectivity index (χ1) is 9.72. The summed E-state index contributed by atoms with van der Waals surface area (Å²) >= 11 is 0. The number of hydrogen-bond acceptors (Lipinski definition) is 3. The SMILES string of the molecule is O=C1CN(C(=O)/C=C/c2ccc3c(c2)CCO3)CCN1. The Morgan fingerprint density at radius 2 is 2.30 bits per heavy atom. The molecule has 0 aliphatic carbocycles. The maximum Gasteiger partial charge on any atom is 0.247 e. The molecule has 0 aromatic heterocycles. The van der Waals surface area contributed by atoms with Crippen LogP contribution in [0.1, 0.15) is 11.1 Å². The van der Waals surface area contributed by atoms with Crippen molar-refractivity contribution in [3.05, 3.63) is 35.4 Å². The smallest absolute Gasteiger partial charge is 0.247 e. The van der Waals surface area contributed by atoms with E-state index in [1.807, 2.05) is 18.2 Å². The van der Waals surface area contributed by atoms with Gasteiger partial charge in [-0.3, -0.25) is 9.59 Å². The Balaban J connectivity index is 1.67. The molecule has 1 aromatic carbocycles. The van der Waals surface area contributed by atoms with Gasteiger partial charge in [0.15, 0.2) is 0 Å². The minimum Gasteiger partial charge on any atom is -0.493 e. The van der Waals surface area contributed by atoms with Crippen LogP contribution in [0.4, 0.5) is 0 Å². The number of nitrogens with one attached hydrogen (secondary N) is 1. The molecule has 0 unspecified atom stereocenters. The number of benzene rings is 1. The molecule has 5 nitrogen and oxygen atoms in total. The van der Waals surface area contributed by atoms with Gasteiger partial charge in [0.05, 0.1) is 13.2 Å². The average Bonchev–Trinajstić information content (AvgIpc) is 2.92. The summed E-state index contributed by atoms with van der Waals surface area (Å²) < 4.78 is 5.44. The summed E-state index contributed by atoms with van der Waals surface area (Å²) in [6, 6.07) is 5.90. The van der Waals surface area contributed by atoms with E-state index in [1.165, 1.54) is 11.6 Å². The summed E-state index contributed by atoms with van der Waals surface area (Å²) in [5.41, 5.74) is 2.15. The van der Waals surface area contributed by atoms with Crippen LogP contribution in [0.25, 0.3) is 6.08 Å². The van der Waals surface area contributed by atoms with E-state index in [4.69, 9.17) is 4.74 Å². The number of amides is 2. The van der Waals surface area contributed by atoms with Gasteiger partial charge in [0.2, 0.25) is 11.8 Å². The molecule has 2 aliphatic rings. The molecule has 2 heterocycles. The highest BCUT2D eigenvalue weighted by Gasteiger charge is 2.19. The van der Waals surface area contributed by atoms with Gasteiger partial charge >= 0.3 is 0 Å². The maximum absolute atomic E-state index is 12.0. The highest BCUT2D eigenvalue weighted by atomic mass is 16.5. The van der Waals surface area contributed by atoms with Crippen LogP contribution in [0, 0.1) is 0 Å². The zero-order valence-electron chi connectivity index (χ0n) is 11.1. The molecule has 0 saturated carbocycles. The molecular formula is C15H16N2O3. The third-order valence-electron chi connectivity index (χ3n) is 3.48. The summed E-state index contributed by atoms with van der Waals surface area (Å²) in [6.45, 7) is 1.95. The molecule has 3 rings (SSSR count). The first-order valence-corrected chi connectivity index (χ1v) is 6.72. The third-order valence-corrected chi connectivity index (χ3v) is 3.48. The summed E-state index contributed by atoms with van der Waals surface area (Å²) in [4.78, 5) is 24.8. The third kappa shape index (κ3) is 2.66. The highest BCUT2D eigenvalue weighted by molar-refractivity contribution is 5.95. The lowest BCUT2D eigenvalue weighted by molar-refractivity contribution is -0.134. The molecule has 0 radical (unpaired) electrons. The van der Waals surface area contributed by atoms with E-state index >= 15 is 0 Å². The molecule has 1 saturated heterocycles. The zero-order chi connectivity index (χ0) is 13.9. The number of piperazine rings is 1. The van der Waals surface area contributed by atoms with E-state index < -0.39 is 0 Å². The Bertz CT molecular complexity index is 580. The molecular weight excluding hydrogens is 256 g/mol. The lowest BCUT2D eigenvalue weighted by Crippen LogP contribution is -2.49. The fourth-order valence-electron chi connectivity index (χ4n) is 2.41. The number of carbonyl (C=O) groups is 2. The predicted octanol–water partition coefficient (Wildman–Crippen LogP) is 0.593. The van der Waals surface area contributed by atoms with Crippen LogP contribution in [0.15, 0.2) is 24.3 Å². The number of rotatable bonds is 2. The first-order valence-electron chi connectivity index (χ1n) is 6.72. The van der Waals surface area contributed by atoms with E-state index in [1.54, 1.807) is 11.0 Å². The average molecular weight is 272 g/mol. The fourth-order valence-corrected chi connectivity index (χ4v) is 2.41. The van der Waals surface area contributed by atoms with E-state index in [-0.39, 0.29) is 18.4 Å². The second-order valence-corrected chi connectivity index (χ2v) is 4.91. The lowest BCUT2D eigenvalue weighted by Gasteiger charge is -2.25. The van der Waals surface area contributed by atoms with E-state index in [9.17, 15) is 9.59 Å². The summed E-state index contributed by atoms with van der Waals surface area (Å²) in [5, 5.41) is 2.70. The van der Waals surface area contributed by atoms with Crippen LogP contribution in [-0.2, 0) is 16.0 Å². The number of fused-ring (bicyclic) bond motifs is 1. The van der Waals surface area contributed by atoms with Crippen LogP contribution < -0.4 is 10.1 Å². The Labute approximate surface area is 117 Å². The fraction of sp³-hybridized carbons (Fsp3) is 0.333. The largest absolute Gasteiger partial charge is 0.493 e. The Morgan fingerprint density at radius 3 is 3.15 bits per heavy atom. The van der Waals surface area contributed by atoms with Crippen molar-refractivity contribution >= 4 is 17.9 Å². The molecule has 2 aliphatic heterocycles.